The van der Waals surface area contributed by atoms with E-state index in [0.717, 1.165) is 3.39 Å². The van der Waals surface area contributed by atoms with Crippen molar-refractivity contribution in [1.82, 2.24) is 0 Å². The van der Waals surface area contributed by atoms with E-state index in [1.54, 1.807) is 0 Å². The molecule has 1 N–H and O–H groups in total. The van der Waals surface area contributed by atoms with E-state index in [1.165, 1.54) is 0 Å². The summed E-state index contributed by atoms with van der Waals surface area (Å²) < 4.78 is 14.5. The Labute approximate surface area is 193 Å². The first-order valence-corrected chi connectivity index (χ1v) is 17.7. The molecule has 7 heteroatoms. The molecule has 0 rings (SSSR count). The normalized spacial score (nSPS) is 18.4. The summed E-state index contributed by atoms with van der Waals surface area (Å²) in [6.45, 7) is 27.0. The SMILES string of the molecule is C[C@H]([C@H](O[Si](C)(C)C(C)(C)C)[C@@H](C)CO)[C@@H](C=C(Br)Br)O[Si](C)(C)C(C)(C)C. The number of halogens is 2. The van der Waals surface area contributed by atoms with Crippen LogP contribution in [0.5, 0.6) is 0 Å². The van der Waals surface area contributed by atoms with Gasteiger partial charge in [0.15, 0.2) is 16.6 Å². The van der Waals surface area contributed by atoms with Crippen molar-refractivity contribution in [2.24, 2.45) is 11.8 Å². The molecule has 0 fully saturated rings. The third-order valence-corrected chi connectivity index (χ3v) is 16.1. The lowest BCUT2D eigenvalue weighted by molar-refractivity contribution is 0.00731. The van der Waals surface area contributed by atoms with Crippen molar-refractivity contribution in [3.05, 3.63) is 9.47 Å². The van der Waals surface area contributed by atoms with E-state index in [-0.39, 0.29) is 40.7 Å². The zero-order chi connectivity index (χ0) is 22.7. The van der Waals surface area contributed by atoms with Crippen LogP contribution in [0, 0.1) is 11.8 Å². The van der Waals surface area contributed by atoms with E-state index in [4.69, 9.17) is 8.85 Å². The van der Waals surface area contributed by atoms with Gasteiger partial charge >= 0.3 is 0 Å². The van der Waals surface area contributed by atoms with Gasteiger partial charge in [-0.25, -0.2) is 0 Å². The average Bonchev–Trinajstić information content (AvgIpc) is 2.47. The first kappa shape index (κ1) is 29.0. The molecule has 0 aliphatic heterocycles. The molecule has 0 aromatic carbocycles. The molecule has 0 aromatic rings. The van der Waals surface area contributed by atoms with Gasteiger partial charge in [-0.1, -0.05) is 55.4 Å². The first-order chi connectivity index (χ1) is 12.3. The number of rotatable bonds is 9. The van der Waals surface area contributed by atoms with Crippen molar-refractivity contribution in [2.45, 2.75) is 104 Å². The molecule has 0 aliphatic rings. The molecule has 28 heavy (non-hydrogen) atoms. The van der Waals surface area contributed by atoms with E-state index in [1.807, 2.05) is 0 Å². The largest absolute Gasteiger partial charge is 0.413 e. The van der Waals surface area contributed by atoms with Crippen LogP contribution < -0.4 is 0 Å². The van der Waals surface area contributed by atoms with Crippen molar-refractivity contribution in [2.75, 3.05) is 6.61 Å². The molecule has 0 unspecified atom stereocenters. The number of aliphatic hydroxyl groups is 1. The van der Waals surface area contributed by atoms with Crippen LogP contribution in [0.2, 0.25) is 36.3 Å². The Morgan fingerprint density at radius 2 is 1.29 bits per heavy atom. The fourth-order valence-corrected chi connectivity index (χ4v) is 5.80. The molecule has 4 atom stereocenters. The molecular weight excluding hydrogens is 516 g/mol. The summed E-state index contributed by atoms with van der Waals surface area (Å²) in [6.07, 6.45) is 1.92. The second-order valence-electron chi connectivity index (χ2n) is 11.2. The summed E-state index contributed by atoms with van der Waals surface area (Å²) >= 11 is 7.06. The van der Waals surface area contributed by atoms with Crippen molar-refractivity contribution >= 4 is 48.5 Å². The average molecular weight is 561 g/mol. The smallest absolute Gasteiger partial charge is 0.192 e. The summed E-state index contributed by atoms with van der Waals surface area (Å²) in [4.78, 5) is 0. The van der Waals surface area contributed by atoms with Crippen molar-refractivity contribution in [1.29, 1.82) is 0 Å². The molecule has 0 aliphatic carbocycles. The molecule has 0 bridgehead atoms. The minimum atomic E-state index is -1.99. The van der Waals surface area contributed by atoms with Gasteiger partial charge in [0.1, 0.15) is 0 Å². The van der Waals surface area contributed by atoms with Gasteiger partial charge in [-0.15, -0.1) is 0 Å². The van der Waals surface area contributed by atoms with Crippen LogP contribution in [0.15, 0.2) is 9.47 Å². The topological polar surface area (TPSA) is 38.7 Å². The molecule has 0 saturated carbocycles. The van der Waals surface area contributed by atoms with Crippen molar-refractivity contribution < 1.29 is 14.0 Å². The summed E-state index contributed by atoms with van der Waals surface area (Å²) in [5.74, 6) is 0.146. The van der Waals surface area contributed by atoms with Gasteiger partial charge in [0.05, 0.1) is 15.6 Å². The first-order valence-electron chi connectivity index (χ1n) is 10.3. The van der Waals surface area contributed by atoms with Crippen LogP contribution in [-0.4, -0.2) is 40.6 Å². The van der Waals surface area contributed by atoms with Crippen molar-refractivity contribution in [3.8, 4) is 0 Å². The minimum Gasteiger partial charge on any atom is -0.413 e. The van der Waals surface area contributed by atoms with Crippen LogP contribution in [0.3, 0.4) is 0 Å². The molecule has 3 nitrogen and oxygen atoms in total. The van der Waals surface area contributed by atoms with Crippen LogP contribution in [0.4, 0.5) is 0 Å². The number of hydrogen-bond acceptors (Lipinski definition) is 3. The summed E-state index contributed by atoms with van der Waals surface area (Å²) in [7, 11) is -3.97. The van der Waals surface area contributed by atoms with Crippen LogP contribution in [0.25, 0.3) is 0 Å². The molecule has 168 valence electrons. The molecule has 0 aromatic heterocycles. The van der Waals surface area contributed by atoms with Crippen LogP contribution in [-0.2, 0) is 8.85 Å². The quantitative estimate of drug-likeness (QED) is 0.294. The Kier molecular flexibility index (Phi) is 10.9. The predicted octanol–water partition coefficient (Wildman–Crippen LogP) is 7.66. The lowest BCUT2D eigenvalue weighted by atomic mass is 9.90. The maximum atomic E-state index is 9.95. The molecule has 0 amide bonds. The highest BCUT2D eigenvalue weighted by Gasteiger charge is 2.45. The Morgan fingerprint density at radius 1 is 0.893 bits per heavy atom. The second kappa shape index (κ2) is 10.6. The maximum absolute atomic E-state index is 9.95. The Balaban J connectivity index is 5.98. The van der Waals surface area contributed by atoms with Gasteiger partial charge in [0.2, 0.25) is 0 Å². The Bertz CT molecular complexity index is 519. The van der Waals surface area contributed by atoms with Crippen LogP contribution in [0.1, 0.15) is 55.4 Å². The number of aliphatic hydroxyl groups excluding tert-OH is 1. The number of hydrogen-bond donors (Lipinski definition) is 1. The monoisotopic (exact) mass is 558 g/mol. The highest BCUT2D eigenvalue weighted by atomic mass is 79.9. The van der Waals surface area contributed by atoms with E-state index in [9.17, 15) is 5.11 Å². The third kappa shape index (κ3) is 8.27. The van der Waals surface area contributed by atoms with Gasteiger partial charge < -0.3 is 14.0 Å². The summed E-state index contributed by atoms with van der Waals surface area (Å²) in [6, 6.07) is 0. The fourth-order valence-electron chi connectivity index (χ4n) is 2.48. The standard InChI is InChI=1S/C21H44Br2O3Si2/c1-15(14-24)19(26-28(11,12)21(6,7)8)16(2)17(13-18(22)23)25-27(9,10)20(3,4)5/h13,15-17,19,24H,14H2,1-12H3/t15-,16-,17+,19+/m0/s1. The molecule has 0 heterocycles. The molecule has 0 radical (unpaired) electrons. The van der Waals surface area contributed by atoms with Gasteiger partial charge in [0.25, 0.3) is 0 Å². The third-order valence-electron chi connectivity index (χ3n) is 6.65. The van der Waals surface area contributed by atoms with E-state index >= 15 is 0 Å². The predicted molar refractivity (Wildman–Crippen MR) is 135 cm³/mol. The van der Waals surface area contributed by atoms with Crippen molar-refractivity contribution in [3.63, 3.8) is 0 Å². The van der Waals surface area contributed by atoms with Gasteiger partial charge in [0, 0.05) is 18.4 Å². The Hall–Kier alpha value is 1.01. The van der Waals surface area contributed by atoms with E-state index in [2.05, 4.69) is 120 Å². The van der Waals surface area contributed by atoms with Gasteiger partial charge in [-0.2, -0.15) is 0 Å². The van der Waals surface area contributed by atoms with E-state index < -0.39 is 16.6 Å². The maximum Gasteiger partial charge on any atom is 0.192 e. The van der Waals surface area contributed by atoms with Gasteiger partial charge in [-0.05, 0) is 74.2 Å². The summed E-state index contributed by atoms with van der Waals surface area (Å²) in [5, 5.41) is 10.2. The second-order valence-corrected chi connectivity index (χ2v) is 23.4. The lowest BCUT2D eigenvalue weighted by Gasteiger charge is -2.46. The lowest BCUT2D eigenvalue weighted by Crippen LogP contribution is -2.52. The fraction of sp³-hybridized carbons (Fsp3) is 0.905. The van der Waals surface area contributed by atoms with Crippen LogP contribution >= 0.6 is 31.9 Å². The summed E-state index contributed by atoms with van der Waals surface area (Å²) in [5.41, 5.74) is 0. The molecule has 0 saturated heterocycles. The highest BCUT2D eigenvalue weighted by molar-refractivity contribution is 9.28. The molecular formula is C21H44Br2O3Si2. The highest BCUT2D eigenvalue weighted by Crippen LogP contribution is 2.42. The molecule has 0 spiro atoms. The minimum absolute atomic E-state index is 0.0390. The zero-order valence-electron chi connectivity index (χ0n) is 20.1. The van der Waals surface area contributed by atoms with E-state index in [0.29, 0.717) is 0 Å². The zero-order valence-corrected chi connectivity index (χ0v) is 25.3. The Morgan fingerprint density at radius 3 is 1.61 bits per heavy atom. The van der Waals surface area contributed by atoms with Gasteiger partial charge in [-0.3, -0.25) is 0 Å².